The first-order chi connectivity index (χ1) is 9.04. The molecule has 0 saturated heterocycles. The minimum Gasteiger partial charge on any atom is -0.383 e. The fraction of sp³-hybridized carbons (Fsp3) is 0.615. The van der Waals surface area contributed by atoms with Crippen LogP contribution in [-0.2, 0) is 4.74 Å². The van der Waals surface area contributed by atoms with E-state index < -0.39 is 11.6 Å². The van der Waals surface area contributed by atoms with Gasteiger partial charge in [-0.3, -0.25) is 0 Å². The molecule has 1 rings (SSSR count). The van der Waals surface area contributed by atoms with Crippen LogP contribution in [0.5, 0.6) is 0 Å². The van der Waals surface area contributed by atoms with Gasteiger partial charge in [-0.25, -0.2) is 13.8 Å². The topological polar surface area (TPSA) is 37.4 Å². The van der Waals surface area contributed by atoms with Gasteiger partial charge >= 0.3 is 0 Å². The second-order valence-electron chi connectivity index (χ2n) is 4.24. The molecule has 1 heterocycles. The molecule has 0 aliphatic carbocycles. The van der Waals surface area contributed by atoms with Crippen LogP contribution in [-0.4, -0.2) is 37.8 Å². The van der Waals surface area contributed by atoms with E-state index in [0.717, 1.165) is 6.07 Å². The van der Waals surface area contributed by atoms with Crippen LogP contribution >= 0.6 is 0 Å². The largest absolute Gasteiger partial charge is 0.383 e. The van der Waals surface area contributed by atoms with Gasteiger partial charge in [-0.05, 0) is 20.8 Å². The molecule has 0 bridgehead atoms. The number of pyridine rings is 1. The van der Waals surface area contributed by atoms with E-state index in [-0.39, 0.29) is 17.7 Å². The van der Waals surface area contributed by atoms with Gasteiger partial charge in [-0.2, -0.15) is 0 Å². The van der Waals surface area contributed by atoms with Gasteiger partial charge in [-0.1, -0.05) is 0 Å². The number of hydrogen-bond acceptors (Lipinski definition) is 4. The van der Waals surface area contributed by atoms with E-state index >= 15 is 0 Å². The highest BCUT2D eigenvalue weighted by Gasteiger charge is 2.20. The summed E-state index contributed by atoms with van der Waals surface area (Å²) in [5, 5.41) is 2.78. The van der Waals surface area contributed by atoms with Gasteiger partial charge in [0.1, 0.15) is 0 Å². The highest BCUT2D eigenvalue weighted by molar-refractivity contribution is 5.49. The smallest absolute Gasteiger partial charge is 0.168 e. The van der Waals surface area contributed by atoms with E-state index in [1.165, 1.54) is 0 Å². The van der Waals surface area contributed by atoms with Gasteiger partial charge in [0.15, 0.2) is 23.3 Å². The van der Waals surface area contributed by atoms with Gasteiger partial charge in [0.05, 0.1) is 12.6 Å². The van der Waals surface area contributed by atoms with Crippen molar-refractivity contribution in [1.82, 2.24) is 4.98 Å². The number of anilines is 2. The summed E-state index contributed by atoms with van der Waals surface area (Å²) in [5.41, 5.74) is 0. The third-order valence-electron chi connectivity index (χ3n) is 2.81. The lowest BCUT2D eigenvalue weighted by molar-refractivity contribution is 0.181. The Kier molecular flexibility index (Phi) is 5.95. The molecule has 0 radical (unpaired) electrons. The van der Waals surface area contributed by atoms with Crippen LogP contribution in [0.3, 0.4) is 0 Å². The summed E-state index contributed by atoms with van der Waals surface area (Å²) in [5.74, 6) is -1.13. The Balaban J connectivity index is 3.11. The Labute approximate surface area is 112 Å². The van der Waals surface area contributed by atoms with Gasteiger partial charge in [0, 0.05) is 26.3 Å². The Morgan fingerprint density at radius 3 is 2.58 bits per heavy atom. The molecule has 4 nitrogen and oxygen atoms in total. The fourth-order valence-corrected chi connectivity index (χ4v) is 1.95. The third-order valence-corrected chi connectivity index (χ3v) is 2.81. The minimum atomic E-state index is -0.682. The van der Waals surface area contributed by atoms with E-state index in [4.69, 9.17) is 4.74 Å². The summed E-state index contributed by atoms with van der Waals surface area (Å²) in [7, 11) is 1.59. The maximum atomic E-state index is 13.9. The number of methoxy groups -OCH3 is 1. The summed E-state index contributed by atoms with van der Waals surface area (Å²) in [6.07, 6.45) is 0. The molecule has 19 heavy (non-hydrogen) atoms. The molecule has 0 saturated carbocycles. The van der Waals surface area contributed by atoms with Crippen molar-refractivity contribution in [3.63, 3.8) is 0 Å². The molecule has 6 heteroatoms. The molecule has 0 aliphatic heterocycles. The van der Waals surface area contributed by atoms with Gasteiger partial charge in [0.2, 0.25) is 0 Å². The number of ether oxygens (including phenoxy) is 1. The zero-order chi connectivity index (χ0) is 14.4. The van der Waals surface area contributed by atoms with Crippen molar-refractivity contribution in [2.75, 3.05) is 37.0 Å². The molecule has 0 aliphatic rings. The van der Waals surface area contributed by atoms with Gasteiger partial charge < -0.3 is 15.0 Å². The van der Waals surface area contributed by atoms with Crippen LogP contribution in [0.2, 0.25) is 0 Å². The zero-order valence-corrected chi connectivity index (χ0v) is 11.8. The number of aromatic nitrogens is 1. The van der Waals surface area contributed by atoms with Crippen molar-refractivity contribution in [1.29, 1.82) is 0 Å². The SMILES string of the molecule is CCNc1nc(N(CC)C(C)COC)c(F)cc1F. The number of nitrogens with one attached hydrogen (secondary N) is 1. The Bertz CT molecular complexity index is 415. The van der Waals surface area contributed by atoms with E-state index in [1.54, 1.807) is 12.0 Å². The van der Waals surface area contributed by atoms with Gasteiger partial charge in [0.25, 0.3) is 0 Å². The van der Waals surface area contributed by atoms with Crippen LogP contribution in [0.4, 0.5) is 20.4 Å². The quantitative estimate of drug-likeness (QED) is 0.828. The van der Waals surface area contributed by atoms with Crippen molar-refractivity contribution in [3.05, 3.63) is 17.7 Å². The summed E-state index contributed by atoms with van der Waals surface area (Å²) in [6, 6.07) is 0.819. The first kappa shape index (κ1) is 15.6. The van der Waals surface area contributed by atoms with Crippen LogP contribution < -0.4 is 10.2 Å². The molecule has 1 aromatic heterocycles. The minimum absolute atomic E-state index is 0.0445. The molecule has 0 spiro atoms. The van der Waals surface area contributed by atoms with Crippen LogP contribution in [0.1, 0.15) is 20.8 Å². The predicted molar refractivity (Wildman–Crippen MR) is 72.7 cm³/mol. The lowest BCUT2D eigenvalue weighted by atomic mass is 10.2. The molecular formula is C13H21F2N3O. The molecule has 1 unspecified atom stereocenters. The highest BCUT2D eigenvalue weighted by Crippen LogP contribution is 2.23. The van der Waals surface area contributed by atoms with E-state index in [2.05, 4.69) is 10.3 Å². The third kappa shape index (κ3) is 3.76. The van der Waals surface area contributed by atoms with Crippen molar-refractivity contribution in [2.45, 2.75) is 26.8 Å². The summed E-state index contributed by atoms with van der Waals surface area (Å²) >= 11 is 0. The number of rotatable bonds is 7. The van der Waals surface area contributed by atoms with E-state index in [1.807, 2.05) is 20.8 Å². The van der Waals surface area contributed by atoms with Crippen LogP contribution in [0.25, 0.3) is 0 Å². The molecule has 1 N–H and O–H groups in total. The lowest BCUT2D eigenvalue weighted by Gasteiger charge is -2.29. The van der Waals surface area contributed by atoms with Crippen molar-refractivity contribution in [3.8, 4) is 0 Å². The molecular weight excluding hydrogens is 252 g/mol. The van der Waals surface area contributed by atoms with Crippen LogP contribution in [0, 0.1) is 11.6 Å². The monoisotopic (exact) mass is 273 g/mol. The molecule has 0 aromatic carbocycles. The Morgan fingerprint density at radius 1 is 1.37 bits per heavy atom. The molecule has 1 aromatic rings. The standard InChI is InChI=1S/C13H21F2N3O/c1-5-16-12-10(14)7-11(15)13(17-12)18(6-2)9(3)8-19-4/h7,9H,5-6,8H2,1-4H3,(H,16,17). The fourth-order valence-electron chi connectivity index (χ4n) is 1.95. The Morgan fingerprint density at radius 2 is 2.05 bits per heavy atom. The molecule has 108 valence electrons. The predicted octanol–water partition coefficient (Wildman–Crippen LogP) is 2.65. The average molecular weight is 273 g/mol. The van der Waals surface area contributed by atoms with Gasteiger partial charge in [-0.15, -0.1) is 0 Å². The molecule has 0 amide bonds. The number of likely N-dealkylation sites (N-methyl/N-ethyl adjacent to an activating group) is 1. The molecule has 1 atom stereocenters. The second-order valence-corrected chi connectivity index (χ2v) is 4.24. The van der Waals surface area contributed by atoms with Crippen molar-refractivity contribution < 1.29 is 13.5 Å². The summed E-state index contributed by atoms with van der Waals surface area (Å²) < 4.78 is 32.5. The second kappa shape index (κ2) is 7.23. The number of halogens is 2. The lowest BCUT2D eigenvalue weighted by Crippen LogP contribution is -2.37. The van der Waals surface area contributed by atoms with E-state index in [9.17, 15) is 8.78 Å². The first-order valence-corrected chi connectivity index (χ1v) is 6.40. The number of nitrogens with zero attached hydrogens (tertiary/aromatic N) is 2. The maximum absolute atomic E-state index is 13.9. The first-order valence-electron chi connectivity index (χ1n) is 6.40. The zero-order valence-electron chi connectivity index (χ0n) is 11.8. The summed E-state index contributed by atoms with van der Waals surface area (Å²) in [4.78, 5) is 5.79. The van der Waals surface area contributed by atoms with Crippen molar-refractivity contribution >= 4 is 11.6 Å². The van der Waals surface area contributed by atoms with Crippen LogP contribution in [0.15, 0.2) is 6.07 Å². The van der Waals surface area contributed by atoms with Crippen molar-refractivity contribution in [2.24, 2.45) is 0 Å². The molecule has 0 fully saturated rings. The number of hydrogen-bond donors (Lipinski definition) is 1. The van der Waals surface area contributed by atoms with E-state index in [0.29, 0.717) is 19.7 Å². The normalized spacial score (nSPS) is 12.3. The maximum Gasteiger partial charge on any atom is 0.168 e. The Hall–Kier alpha value is -1.43. The summed E-state index contributed by atoms with van der Waals surface area (Å²) in [6.45, 7) is 7.16. The highest BCUT2D eigenvalue weighted by atomic mass is 19.1. The average Bonchev–Trinajstić information content (AvgIpc) is 2.36.